The smallest absolute Gasteiger partial charge is 0.0718 e. The third-order valence-corrected chi connectivity index (χ3v) is 5.23. The maximum absolute atomic E-state index is 9.94. The first-order chi connectivity index (χ1) is 9.92. The Hall–Kier alpha value is -0.160. The summed E-state index contributed by atoms with van der Waals surface area (Å²) in [7, 11) is 0. The van der Waals surface area contributed by atoms with Crippen LogP contribution in [-0.2, 0) is 0 Å². The van der Waals surface area contributed by atoms with E-state index in [9.17, 15) is 5.11 Å². The number of hydrogen-bond donors (Lipinski definition) is 2. The quantitative estimate of drug-likeness (QED) is 0.758. The van der Waals surface area contributed by atoms with Gasteiger partial charge in [-0.15, -0.1) is 0 Å². The average molecular weight is 297 g/mol. The standard InChI is InChI=1S/C17H35N3O/c1-16(2,21)14-19-9-11-20(12-10-19)15-17(13-18)7-5-3-4-6-8-17/h21H,3-15,18H2,1-2H3. The predicted molar refractivity (Wildman–Crippen MR) is 88.4 cm³/mol. The topological polar surface area (TPSA) is 52.7 Å². The summed E-state index contributed by atoms with van der Waals surface area (Å²) in [6.07, 6.45) is 8.12. The molecule has 0 spiro atoms. The summed E-state index contributed by atoms with van der Waals surface area (Å²) in [5.74, 6) is 0. The normalized spacial score (nSPS) is 25.7. The van der Waals surface area contributed by atoms with Gasteiger partial charge in [-0.2, -0.15) is 0 Å². The van der Waals surface area contributed by atoms with E-state index in [4.69, 9.17) is 5.73 Å². The molecular formula is C17H35N3O. The van der Waals surface area contributed by atoms with Crippen LogP contribution in [0.5, 0.6) is 0 Å². The van der Waals surface area contributed by atoms with Gasteiger partial charge in [0.05, 0.1) is 5.60 Å². The Kier molecular flexibility index (Phi) is 6.06. The molecule has 0 aromatic rings. The second-order valence-electron chi connectivity index (χ2n) is 7.98. The molecule has 1 aliphatic heterocycles. The van der Waals surface area contributed by atoms with Gasteiger partial charge < -0.3 is 15.7 Å². The fourth-order valence-corrected chi connectivity index (χ4v) is 4.03. The molecule has 3 N–H and O–H groups in total. The molecule has 1 aliphatic carbocycles. The van der Waals surface area contributed by atoms with Gasteiger partial charge in [-0.1, -0.05) is 25.7 Å². The molecule has 2 fully saturated rings. The molecule has 2 rings (SSSR count). The highest BCUT2D eigenvalue weighted by Gasteiger charge is 2.33. The fourth-order valence-electron chi connectivity index (χ4n) is 4.03. The van der Waals surface area contributed by atoms with E-state index in [0.717, 1.165) is 39.3 Å². The Morgan fingerprint density at radius 3 is 1.95 bits per heavy atom. The van der Waals surface area contributed by atoms with Crippen molar-refractivity contribution in [3.63, 3.8) is 0 Å². The van der Waals surface area contributed by atoms with Crippen molar-refractivity contribution in [3.05, 3.63) is 0 Å². The summed E-state index contributed by atoms with van der Waals surface area (Å²) >= 11 is 0. The number of β-amino-alcohol motifs (C(OH)–C–C–N with tert-alkyl or cyclic N) is 1. The minimum absolute atomic E-state index is 0.370. The monoisotopic (exact) mass is 297 g/mol. The van der Waals surface area contributed by atoms with E-state index in [1.165, 1.54) is 45.1 Å². The van der Waals surface area contributed by atoms with Gasteiger partial charge >= 0.3 is 0 Å². The summed E-state index contributed by atoms with van der Waals surface area (Å²) in [6, 6.07) is 0. The molecule has 0 atom stereocenters. The first-order valence-corrected chi connectivity index (χ1v) is 8.80. The van der Waals surface area contributed by atoms with E-state index in [1.54, 1.807) is 0 Å². The van der Waals surface area contributed by atoms with E-state index in [1.807, 2.05) is 13.8 Å². The molecule has 124 valence electrons. The van der Waals surface area contributed by atoms with Crippen LogP contribution in [0.1, 0.15) is 52.4 Å². The highest BCUT2D eigenvalue weighted by atomic mass is 16.3. The van der Waals surface area contributed by atoms with Crippen LogP contribution in [0.4, 0.5) is 0 Å². The first-order valence-electron chi connectivity index (χ1n) is 8.80. The second-order valence-corrected chi connectivity index (χ2v) is 7.98. The molecule has 0 amide bonds. The number of nitrogens with zero attached hydrogens (tertiary/aromatic N) is 2. The minimum Gasteiger partial charge on any atom is -0.389 e. The number of aliphatic hydroxyl groups is 1. The van der Waals surface area contributed by atoms with Crippen LogP contribution in [0.15, 0.2) is 0 Å². The molecule has 0 aromatic heterocycles. The molecule has 1 heterocycles. The van der Waals surface area contributed by atoms with Gasteiger partial charge in [-0.05, 0) is 38.6 Å². The Bertz CT molecular complexity index is 298. The van der Waals surface area contributed by atoms with Crippen molar-refractivity contribution >= 4 is 0 Å². The molecule has 1 saturated carbocycles. The lowest BCUT2D eigenvalue weighted by Crippen LogP contribution is -2.53. The maximum Gasteiger partial charge on any atom is 0.0718 e. The number of piperazine rings is 1. The van der Waals surface area contributed by atoms with Crippen molar-refractivity contribution < 1.29 is 5.11 Å². The van der Waals surface area contributed by atoms with Crippen molar-refractivity contribution in [2.24, 2.45) is 11.1 Å². The van der Waals surface area contributed by atoms with Crippen molar-refractivity contribution in [1.29, 1.82) is 0 Å². The van der Waals surface area contributed by atoms with Gasteiger partial charge in [0, 0.05) is 39.3 Å². The third-order valence-electron chi connectivity index (χ3n) is 5.23. The molecule has 0 bridgehead atoms. The van der Waals surface area contributed by atoms with Gasteiger partial charge in [-0.3, -0.25) is 4.90 Å². The van der Waals surface area contributed by atoms with Crippen molar-refractivity contribution in [2.75, 3.05) is 45.8 Å². The summed E-state index contributed by atoms with van der Waals surface area (Å²) in [6.45, 7) is 11.0. The average Bonchev–Trinajstić information content (AvgIpc) is 2.66. The predicted octanol–water partition coefficient (Wildman–Crippen LogP) is 1.67. The van der Waals surface area contributed by atoms with Crippen molar-refractivity contribution in [1.82, 2.24) is 9.80 Å². The van der Waals surface area contributed by atoms with Gasteiger partial charge in [-0.25, -0.2) is 0 Å². The van der Waals surface area contributed by atoms with Crippen LogP contribution >= 0.6 is 0 Å². The van der Waals surface area contributed by atoms with Crippen LogP contribution in [-0.4, -0.2) is 66.3 Å². The molecular weight excluding hydrogens is 262 g/mol. The Balaban J connectivity index is 1.81. The maximum atomic E-state index is 9.94. The highest BCUT2D eigenvalue weighted by molar-refractivity contribution is 4.88. The highest BCUT2D eigenvalue weighted by Crippen LogP contribution is 2.35. The summed E-state index contributed by atoms with van der Waals surface area (Å²) in [5.41, 5.74) is 5.95. The van der Waals surface area contributed by atoms with Gasteiger partial charge in [0.2, 0.25) is 0 Å². The fraction of sp³-hybridized carbons (Fsp3) is 1.00. The zero-order valence-corrected chi connectivity index (χ0v) is 14.1. The number of nitrogens with two attached hydrogens (primary N) is 1. The van der Waals surface area contributed by atoms with Crippen LogP contribution in [0.2, 0.25) is 0 Å². The third kappa shape index (κ3) is 5.51. The van der Waals surface area contributed by atoms with E-state index < -0.39 is 5.60 Å². The molecule has 2 aliphatic rings. The van der Waals surface area contributed by atoms with Gasteiger partial charge in [0.25, 0.3) is 0 Å². The van der Waals surface area contributed by atoms with Crippen LogP contribution < -0.4 is 5.73 Å². The lowest BCUT2D eigenvalue weighted by molar-refractivity contribution is 0.00983. The Morgan fingerprint density at radius 1 is 0.952 bits per heavy atom. The molecule has 0 aromatic carbocycles. The number of hydrogen-bond acceptors (Lipinski definition) is 4. The second kappa shape index (κ2) is 7.40. The van der Waals surface area contributed by atoms with Crippen molar-refractivity contribution in [3.8, 4) is 0 Å². The first kappa shape index (κ1) is 17.2. The SMILES string of the molecule is CC(C)(O)CN1CCN(CC2(CN)CCCCCC2)CC1. The molecule has 21 heavy (non-hydrogen) atoms. The van der Waals surface area contributed by atoms with Gasteiger partial charge in [0.1, 0.15) is 0 Å². The molecule has 4 heteroatoms. The zero-order chi connectivity index (χ0) is 15.3. The van der Waals surface area contributed by atoms with E-state index in [-0.39, 0.29) is 0 Å². The van der Waals surface area contributed by atoms with Crippen LogP contribution in [0.3, 0.4) is 0 Å². The lowest BCUT2D eigenvalue weighted by Gasteiger charge is -2.42. The van der Waals surface area contributed by atoms with Crippen LogP contribution in [0, 0.1) is 5.41 Å². The summed E-state index contributed by atoms with van der Waals surface area (Å²) < 4.78 is 0. The molecule has 0 radical (unpaired) electrons. The minimum atomic E-state index is -0.581. The van der Waals surface area contributed by atoms with E-state index in [2.05, 4.69) is 9.80 Å². The molecule has 0 unspecified atom stereocenters. The molecule has 1 saturated heterocycles. The Labute approximate surface area is 130 Å². The van der Waals surface area contributed by atoms with Gasteiger partial charge in [0.15, 0.2) is 0 Å². The van der Waals surface area contributed by atoms with Crippen LogP contribution in [0.25, 0.3) is 0 Å². The number of rotatable bonds is 5. The van der Waals surface area contributed by atoms with Crippen molar-refractivity contribution in [2.45, 2.75) is 58.0 Å². The zero-order valence-electron chi connectivity index (χ0n) is 14.1. The van der Waals surface area contributed by atoms with E-state index in [0.29, 0.717) is 5.41 Å². The Morgan fingerprint density at radius 2 is 1.48 bits per heavy atom. The summed E-state index contributed by atoms with van der Waals surface area (Å²) in [5, 5.41) is 9.94. The largest absolute Gasteiger partial charge is 0.389 e. The van der Waals surface area contributed by atoms with E-state index >= 15 is 0 Å². The summed E-state index contributed by atoms with van der Waals surface area (Å²) in [4.78, 5) is 5.00. The molecule has 4 nitrogen and oxygen atoms in total. The lowest BCUT2D eigenvalue weighted by atomic mass is 9.79.